The molecule has 0 fully saturated rings. The Labute approximate surface area is 91.2 Å². The van der Waals surface area contributed by atoms with Gasteiger partial charge < -0.3 is 15.2 Å². The SMILES string of the molecule is CCOCOc1ccc(C)cc1[C@H](C)N. The van der Waals surface area contributed by atoms with E-state index in [4.69, 9.17) is 15.2 Å². The van der Waals surface area contributed by atoms with Crippen molar-refractivity contribution in [2.75, 3.05) is 13.4 Å². The van der Waals surface area contributed by atoms with Crippen LogP contribution >= 0.6 is 0 Å². The summed E-state index contributed by atoms with van der Waals surface area (Å²) in [7, 11) is 0. The van der Waals surface area contributed by atoms with E-state index in [9.17, 15) is 0 Å². The highest BCUT2D eigenvalue weighted by atomic mass is 16.7. The van der Waals surface area contributed by atoms with Gasteiger partial charge in [-0.3, -0.25) is 0 Å². The fourth-order valence-electron chi connectivity index (χ4n) is 1.34. The molecule has 1 rings (SSSR count). The summed E-state index contributed by atoms with van der Waals surface area (Å²) in [6.07, 6.45) is 0. The molecule has 0 aromatic heterocycles. The van der Waals surface area contributed by atoms with E-state index in [0.717, 1.165) is 11.3 Å². The maximum Gasteiger partial charge on any atom is 0.189 e. The second-order valence-corrected chi connectivity index (χ2v) is 3.58. The lowest BCUT2D eigenvalue weighted by Crippen LogP contribution is -2.10. The first-order valence-corrected chi connectivity index (χ1v) is 5.21. The minimum atomic E-state index is -0.0264. The van der Waals surface area contributed by atoms with Crippen LogP contribution in [0.3, 0.4) is 0 Å². The van der Waals surface area contributed by atoms with Gasteiger partial charge in [0.25, 0.3) is 0 Å². The standard InChI is InChI=1S/C12H19NO2/c1-4-14-8-15-12-6-5-9(2)7-11(12)10(3)13/h5-7,10H,4,8,13H2,1-3H3/t10-/m0/s1. The van der Waals surface area contributed by atoms with Gasteiger partial charge in [-0.25, -0.2) is 0 Å². The first kappa shape index (κ1) is 12.0. The largest absolute Gasteiger partial charge is 0.467 e. The number of benzene rings is 1. The van der Waals surface area contributed by atoms with Crippen LogP contribution in [0.2, 0.25) is 0 Å². The van der Waals surface area contributed by atoms with E-state index in [0.29, 0.717) is 6.61 Å². The van der Waals surface area contributed by atoms with Crippen molar-refractivity contribution >= 4 is 0 Å². The third-order valence-electron chi connectivity index (χ3n) is 2.16. The van der Waals surface area contributed by atoms with E-state index in [1.807, 2.05) is 39.0 Å². The molecule has 1 atom stereocenters. The zero-order valence-corrected chi connectivity index (χ0v) is 9.62. The summed E-state index contributed by atoms with van der Waals surface area (Å²) < 4.78 is 10.6. The zero-order chi connectivity index (χ0) is 11.3. The van der Waals surface area contributed by atoms with Crippen molar-refractivity contribution in [2.45, 2.75) is 26.8 Å². The maximum absolute atomic E-state index is 5.87. The lowest BCUT2D eigenvalue weighted by Gasteiger charge is -2.14. The van der Waals surface area contributed by atoms with Gasteiger partial charge in [-0.2, -0.15) is 0 Å². The molecule has 0 bridgehead atoms. The summed E-state index contributed by atoms with van der Waals surface area (Å²) in [5, 5.41) is 0. The third-order valence-corrected chi connectivity index (χ3v) is 2.16. The monoisotopic (exact) mass is 209 g/mol. The molecule has 0 saturated carbocycles. The minimum Gasteiger partial charge on any atom is -0.467 e. The van der Waals surface area contributed by atoms with Crippen molar-refractivity contribution in [3.8, 4) is 5.75 Å². The molecular weight excluding hydrogens is 190 g/mol. The average Bonchev–Trinajstić information content (AvgIpc) is 2.20. The van der Waals surface area contributed by atoms with Crippen LogP contribution in [0, 0.1) is 6.92 Å². The summed E-state index contributed by atoms with van der Waals surface area (Å²) in [4.78, 5) is 0. The van der Waals surface area contributed by atoms with E-state index < -0.39 is 0 Å². The number of hydrogen-bond acceptors (Lipinski definition) is 3. The molecule has 2 N–H and O–H groups in total. The molecule has 1 aromatic carbocycles. The number of ether oxygens (including phenoxy) is 2. The average molecular weight is 209 g/mol. The summed E-state index contributed by atoms with van der Waals surface area (Å²) >= 11 is 0. The normalized spacial score (nSPS) is 12.5. The molecule has 0 radical (unpaired) electrons. The van der Waals surface area contributed by atoms with Crippen molar-refractivity contribution in [3.05, 3.63) is 29.3 Å². The van der Waals surface area contributed by atoms with Gasteiger partial charge in [0.15, 0.2) is 6.79 Å². The maximum atomic E-state index is 5.87. The van der Waals surface area contributed by atoms with Crippen molar-refractivity contribution in [1.82, 2.24) is 0 Å². The van der Waals surface area contributed by atoms with Gasteiger partial charge in [-0.15, -0.1) is 0 Å². The van der Waals surface area contributed by atoms with E-state index >= 15 is 0 Å². The smallest absolute Gasteiger partial charge is 0.189 e. The van der Waals surface area contributed by atoms with Crippen LogP contribution < -0.4 is 10.5 Å². The third kappa shape index (κ3) is 3.53. The molecule has 0 saturated heterocycles. The fraction of sp³-hybridized carbons (Fsp3) is 0.500. The van der Waals surface area contributed by atoms with E-state index in [1.165, 1.54) is 5.56 Å². The van der Waals surface area contributed by atoms with Gasteiger partial charge in [0.2, 0.25) is 0 Å². The summed E-state index contributed by atoms with van der Waals surface area (Å²) in [5.41, 5.74) is 8.08. The van der Waals surface area contributed by atoms with Crippen LogP contribution in [0.25, 0.3) is 0 Å². The van der Waals surface area contributed by atoms with Gasteiger partial charge in [0, 0.05) is 18.2 Å². The second kappa shape index (κ2) is 5.73. The summed E-state index contributed by atoms with van der Waals surface area (Å²) in [6.45, 7) is 6.85. The van der Waals surface area contributed by atoms with Crippen molar-refractivity contribution < 1.29 is 9.47 Å². The molecule has 0 spiro atoms. The highest BCUT2D eigenvalue weighted by Gasteiger charge is 2.07. The van der Waals surface area contributed by atoms with Gasteiger partial charge >= 0.3 is 0 Å². The quantitative estimate of drug-likeness (QED) is 0.598. The van der Waals surface area contributed by atoms with Gasteiger partial charge in [0.05, 0.1) is 0 Å². The molecular formula is C12H19NO2. The summed E-state index contributed by atoms with van der Waals surface area (Å²) in [6, 6.07) is 5.97. The Kier molecular flexibility index (Phi) is 4.59. The van der Waals surface area contributed by atoms with Crippen molar-refractivity contribution in [3.63, 3.8) is 0 Å². The van der Waals surface area contributed by atoms with Crippen LogP contribution in [0.4, 0.5) is 0 Å². The zero-order valence-electron chi connectivity index (χ0n) is 9.62. The molecule has 3 heteroatoms. The highest BCUT2D eigenvalue weighted by Crippen LogP contribution is 2.24. The molecule has 84 valence electrons. The fourth-order valence-corrected chi connectivity index (χ4v) is 1.34. The Balaban J connectivity index is 2.77. The number of nitrogens with two attached hydrogens (primary N) is 1. The first-order chi connectivity index (χ1) is 7.15. The highest BCUT2D eigenvalue weighted by molar-refractivity contribution is 5.38. The molecule has 1 aromatic rings. The van der Waals surface area contributed by atoms with Gasteiger partial charge in [-0.1, -0.05) is 17.7 Å². The Morgan fingerprint density at radius 2 is 2.13 bits per heavy atom. The van der Waals surface area contributed by atoms with Crippen LogP contribution in [-0.2, 0) is 4.74 Å². The van der Waals surface area contributed by atoms with Crippen LogP contribution in [0.1, 0.15) is 31.0 Å². The Bertz CT molecular complexity index is 310. The topological polar surface area (TPSA) is 44.5 Å². The molecule has 0 heterocycles. The van der Waals surface area contributed by atoms with Crippen molar-refractivity contribution in [2.24, 2.45) is 5.73 Å². The molecule has 0 aliphatic carbocycles. The molecule has 3 nitrogen and oxygen atoms in total. The van der Waals surface area contributed by atoms with Gasteiger partial charge in [-0.05, 0) is 26.8 Å². The lowest BCUT2D eigenvalue weighted by atomic mass is 10.1. The van der Waals surface area contributed by atoms with E-state index in [-0.39, 0.29) is 12.8 Å². The molecule has 0 aliphatic heterocycles. The Hall–Kier alpha value is -1.06. The summed E-state index contributed by atoms with van der Waals surface area (Å²) in [5.74, 6) is 0.809. The van der Waals surface area contributed by atoms with E-state index in [1.54, 1.807) is 0 Å². The molecule has 0 aliphatic rings. The van der Waals surface area contributed by atoms with Crippen molar-refractivity contribution in [1.29, 1.82) is 0 Å². The molecule has 15 heavy (non-hydrogen) atoms. The van der Waals surface area contributed by atoms with Crippen LogP contribution in [0.15, 0.2) is 18.2 Å². The predicted octanol–water partition coefficient (Wildman–Crippen LogP) is 2.39. The second-order valence-electron chi connectivity index (χ2n) is 3.58. The van der Waals surface area contributed by atoms with Crippen LogP contribution in [0.5, 0.6) is 5.75 Å². The molecule has 0 amide bonds. The first-order valence-electron chi connectivity index (χ1n) is 5.21. The lowest BCUT2D eigenvalue weighted by molar-refractivity contribution is 0.0217. The van der Waals surface area contributed by atoms with E-state index in [2.05, 4.69) is 0 Å². The number of hydrogen-bond donors (Lipinski definition) is 1. The predicted molar refractivity (Wildman–Crippen MR) is 60.9 cm³/mol. The number of rotatable bonds is 5. The number of aryl methyl sites for hydroxylation is 1. The minimum absolute atomic E-state index is 0.0264. The van der Waals surface area contributed by atoms with Crippen LogP contribution in [-0.4, -0.2) is 13.4 Å². The Morgan fingerprint density at radius 1 is 1.40 bits per heavy atom. The van der Waals surface area contributed by atoms with Gasteiger partial charge in [0.1, 0.15) is 5.75 Å². The Morgan fingerprint density at radius 3 is 2.73 bits per heavy atom. The molecule has 0 unspecified atom stereocenters.